The van der Waals surface area contributed by atoms with Crippen molar-refractivity contribution in [3.63, 3.8) is 0 Å². The minimum atomic E-state index is 0.0940. The maximum absolute atomic E-state index is 12.6. The summed E-state index contributed by atoms with van der Waals surface area (Å²) in [5.74, 6) is 0. The fraction of sp³-hybridized carbons (Fsp3) is 0.438. The van der Waals surface area contributed by atoms with Crippen LogP contribution >= 0.6 is 0 Å². The minimum Gasteiger partial charge on any atom is -0.324 e. The maximum atomic E-state index is 12.6. The highest BCUT2D eigenvalue weighted by molar-refractivity contribution is 5.91. The summed E-state index contributed by atoms with van der Waals surface area (Å²) in [4.78, 5) is 14.6. The molecule has 3 heteroatoms. The molecule has 1 heterocycles. The number of amides is 1. The van der Waals surface area contributed by atoms with Gasteiger partial charge in [0, 0.05) is 24.7 Å². The second-order valence-electron chi connectivity index (χ2n) is 4.87. The predicted octanol–water partition coefficient (Wildman–Crippen LogP) is 4.12. The van der Waals surface area contributed by atoms with E-state index in [1.165, 1.54) is 0 Å². The summed E-state index contributed by atoms with van der Waals surface area (Å²) in [5.41, 5.74) is 0.991. The van der Waals surface area contributed by atoms with E-state index in [1.54, 1.807) is 4.57 Å². The van der Waals surface area contributed by atoms with Gasteiger partial charge in [-0.25, -0.2) is 4.79 Å². The molecular weight excluding hydrogens is 236 g/mol. The quantitative estimate of drug-likeness (QED) is 0.792. The molecule has 102 valence electrons. The average molecular weight is 258 g/mol. The van der Waals surface area contributed by atoms with Gasteiger partial charge >= 0.3 is 6.03 Å². The number of para-hydroxylation sites is 1. The number of nitrogens with zero attached hydrogens (tertiary/aromatic N) is 2. The lowest BCUT2D eigenvalue weighted by molar-refractivity contribution is 0.199. The number of carbonyl (C=O) groups is 1. The van der Waals surface area contributed by atoms with Gasteiger partial charge in [0.15, 0.2) is 0 Å². The molecule has 1 aromatic heterocycles. The van der Waals surface area contributed by atoms with Gasteiger partial charge in [-0.2, -0.15) is 0 Å². The first kappa shape index (κ1) is 13.7. The lowest BCUT2D eigenvalue weighted by Gasteiger charge is -2.22. The topological polar surface area (TPSA) is 25.2 Å². The van der Waals surface area contributed by atoms with Crippen LogP contribution < -0.4 is 0 Å². The lowest BCUT2D eigenvalue weighted by Crippen LogP contribution is -2.35. The van der Waals surface area contributed by atoms with E-state index in [1.807, 2.05) is 41.4 Å². The number of fused-ring (bicyclic) bond motifs is 1. The lowest BCUT2D eigenvalue weighted by atomic mass is 10.2. The number of hydrogen-bond donors (Lipinski definition) is 0. The minimum absolute atomic E-state index is 0.0940. The fourth-order valence-corrected chi connectivity index (χ4v) is 2.32. The fourth-order valence-electron chi connectivity index (χ4n) is 2.32. The molecule has 0 bridgehead atoms. The molecule has 0 spiro atoms. The molecule has 0 aliphatic rings. The standard InChI is InChI=1S/C16H22N2O/c1-3-5-12-17(11-4-2)16(19)18-13-10-14-8-6-7-9-15(14)18/h6-10,13H,3-5,11-12H2,1-2H3. The summed E-state index contributed by atoms with van der Waals surface area (Å²) in [5, 5.41) is 1.11. The summed E-state index contributed by atoms with van der Waals surface area (Å²) in [6, 6.07) is 10.1. The van der Waals surface area contributed by atoms with Crippen molar-refractivity contribution in [3.05, 3.63) is 36.5 Å². The SMILES string of the molecule is CCCCN(CCC)C(=O)n1ccc2ccccc21. The Morgan fingerprint density at radius 1 is 1.11 bits per heavy atom. The third-order valence-corrected chi connectivity index (χ3v) is 3.35. The van der Waals surface area contributed by atoms with Crippen molar-refractivity contribution in [2.45, 2.75) is 33.1 Å². The summed E-state index contributed by atoms with van der Waals surface area (Å²) in [6.45, 7) is 5.93. The smallest absolute Gasteiger partial charge is 0.324 e. The van der Waals surface area contributed by atoms with Crippen LogP contribution in [0.5, 0.6) is 0 Å². The van der Waals surface area contributed by atoms with Crippen LogP contribution in [0.15, 0.2) is 36.5 Å². The van der Waals surface area contributed by atoms with E-state index < -0.39 is 0 Å². The van der Waals surface area contributed by atoms with E-state index in [9.17, 15) is 4.79 Å². The molecule has 0 aliphatic carbocycles. The Balaban J connectivity index is 2.25. The van der Waals surface area contributed by atoms with Crippen molar-refractivity contribution >= 4 is 16.9 Å². The van der Waals surface area contributed by atoms with Crippen LogP contribution in [0.4, 0.5) is 4.79 Å². The second kappa shape index (κ2) is 6.41. The summed E-state index contributed by atoms with van der Waals surface area (Å²) >= 11 is 0. The highest BCUT2D eigenvalue weighted by Gasteiger charge is 2.15. The molecule has 2 rings (SSSR count). The molecule has 0 saturated carbocycles. The Morgan fingerprint density at radius 3 is 2.63 bits per heavy atom. The van der Waals surface area contributed by atoms with Crippen molar-refractivity contribution in [3.8, 4) is 0 Å². The predicted molar refractivity (Wildman–Crippen MR) is 79.5 cm³/mol. The Hall–Kier alpha value is -1.77. The van der Waals surface area contributed by atoms with Crippen LogP contribution in [0.25, 0.3) is 10.9 Å². The zero-order valence-corrected chi connectivity index (χ0v) is 11.8. The van der Waals surface area contributed by atoms with Crippen molar-refractivity contribution in [1.82, 2.24) is 9.47 Å². The first-order valence-electron chi connectivity index (χ1n) is 7.13. The molecule has 0 aliphatic heterocycles. The number of aromatic nitrogens is 1. The number of carbonyl (C=O) groups excluding carboxylic acids is 1. The molecule has 3 nitrogen and oxygen atoms in total. The largest absolute Gasteiger partial charge is 0.328 e. The Kier molecular flexibility index (Phi) is 4.61. The Bertz CT molecular complexity index is 544. The zero-order valence-electron chi connectivity index (χ0n) is 11.8. The van der Waals surface area contributed by atoms with E-state index in [0.29, 0.717) is 0 Å². The molecule has 0 saturated heterocycles. The number of benzene rings is 1. The van der Waals surface area contributed by atoms with E-state index in [-0.39, 0.29) is 6.03 Å². The molecule has 19 heavy (non-hydrogen) atoms. The zero-order chi connectivity index (χ0) is 13.7. The van der Waals surface area contributed by atoms with Crippen molar-refractivity contribution in [1.29, 1.82) is 0 Å². The third kappa shape index (κ3) is 2.98. The molecule has 0 unspecified atom stereocenters. The van der Waals surface area contributed by atoms with Gasteiger partial charge in [0.1, 0.15) is 0 Å². The Morgan fingerprint density at radius 2 is 1.89 bits per heavy atom. The third-order valence-electron chi connectivity index (χ3n) is 3.35. The van der Waals surface area contributed by atoms with Gasteiger partial charge in [0.05, 0.1) is 5.52 Å². The molecule has 1 amide bonds. The van der Waals surface area contributed by atoms with Gasteiger partial charge in [-0.3, -0.25) is 4.57 Å². The van der Waals surface area contributed by atoms with Crippen molar-refractivity contribution in [2.24, 2.45) is 0 Å². The van der Waals surface area contributed by atoms with E-state index in [2.05, 4.69) is 13.8 Å². The molecule has 0 N–H and O–H groups in total. The monoisotopic (exact) mass is 258 g/mol. The number of hydrogen-bond acceptors (Lipinski definition) is 1. The average Bonchev–Trinajstić information content (AvgIpc) is 2.86. The molecule has 0 radical (unpaired) electrons. The van der Waals surface area contributed by atoms with Crippen LogP contribution in [-0.2, 0) is 0 Å². The van der Waals surface area contributed by atoms with Crippen LogP contribution in [0.2, 0.25) is 0 Å². The Labute approximate surface area is 114 Å². The van der Waals surface area contributed by atoms with Gasteiger partial charge in [-0.05, 0) is 25.0 Å². The molecule has 2 aromatic rings. The van der Waals surface area contributed by atoms with Gasteiger partial charge in [-0.1, -0.05) is 38.5 Å². The highest BCUT2D eigenvalue weighted by atomic mass is 16.2. The molecule has 1 aromatic carbocycles. The van der Waals surface area contributed by atoms with Crippen molar-refractivity contribution < 1.29 is 4.79 Å². The van der Waals surface area contributed by atoms with E-state index >= 15 is 0 Å². The number of rotatable bonds is 5. The van der Waals surface area contributed by atoms with Crippen LogP contribution in [0, 0.1) is 0 Å². The summed E-state index contributed by atoms with van der Waals surface area (Å²) < 4.78 is 1.76. The van der Waals surface area contributed by atoms with Crippen molar-refractivity contribution in [2.75, 3.05) is 13.1 Å². The normalized spacial score (nSPS) is 10.8. The molecule has 0 fully saturated rings. The first-order chi connectivity index (χ1) is 9.27. The highest BCUT2D eigenvalue weighted by Crippen LogP contribution is 2.16. The van der Waals surface area contributed by atoms with Gasteiger partial charge in [0.2, 0.25) is 0 Å². The van der Waals surface area contributed by atoms with Crippen LogP contribution in [0.1, 0.15) is 33.1 Å². The second-order valence-corrected chi connectivity index (χ2v) is 4.87. The van der Waals surface area contributed by atoms with Gasteiger partial charge < -0.3 is 4.90 Å². The van der Waals surface area contributed by atoms with Gasteiger partial charge in [-0.15, -0.1) is 0 Å². The summed E-state index contributed by atoms with van der Waals surface area (Å²) in [6.07, 6.45) is 5.04. The maximum Gasteiger partial charge on any atom is 0.328 e. The number of unbranched alkanes of at least 4 members (excludes halogenated alkanes) is 1. The van der Waals surface area contributed by atoms with Crippen LogP contribution in [-0.4, -0.2) is 28.6 Å². The van der Waals surface area contributed by atoms with E-state index in [0.717, 1.165) is 43.3 Å². The van der Waals surface area contributed by atoms with Gasteiger partial charge in [0.25, 0.3) is 0 Å². The molecule has 0 atom stereocenters. The first-order valence-corrected chi connectivity index (χ1v) is 7.13. The summed E-state index contributed by atoms with van der Waals surface area (Å²) in [7, 11) is 0. The molecular formula is C16H22N2O. The van der Waals surface area contributed by atoms with Crippen LogP contribution in [0.3, 0.4) is 0 Å². The van der Waals surface area contributed by atoms with E-state index in [4.69, 9.17) is 0 Å².